The van der Waals surface area contributed by atoms with Crippen molar-refractivity contribution in [3.8, 4) is 11.5 Å². The molecule has 0 unspecified atom stereocenters. The second-order valence-corrected chi connectivity index (χ2v) is 6.68. The first-order valence-electron chi connectivity index (χ1n) is 6.41. The standard InChI is InChI=1S/C14H18BrNO2/c1-13(2,16)9-7-11-12(8-10(9)15)18-14(17-11)5-3-4-6-14/h7-8H,3-6,16H2,1-2H3. The predicted octanol–water partition coefficient (Wildman–Crippen LogP) is 3.68. The van der Waals surface area contributed by atoms with Crippen LogP contribution in [0, 0.1) is 0 Å². The molecule has 1 aromatic carbocycles. The van der Waals surface area contributed by atoms with Gasteiger partial charge in [0.15, 0.2) is 11.5 Å². The van der Waals surface area contributed by atoms with Crippen LogP contribution in [0.5, 0.6) is 11.5 Å². The molecule has 3 rings (SSSR count). The van der Waals surface area contributed by atoms with Crippen LogP contribution < -0.4 is 15.2 Å². The molecule has 0 amide bonds. The Morgan fingerprint density at radius 1 is 1.17 bits per heavy atom. The van der Waals surface area contributed by atoms with Crippen molar-refractivity contribution >= 4 is 15.9 Å². The van der Waals surface area contributed by atoms with E-state index in [-0.39, 0.29) is 0 Å². The fraction of sp³-hybridized carbons (Fsp3) is 0.571. The average molecular weight is 312 g/mol. The van der Waals surface area contributed by atoms with E-state index in [0.717, 1.165) is 34.4 Å². The number of ether oxygens (including phenoxy) is 2. The Kier molecular flexibility index (Phi) is 2.65. The van der Waals surface area contributed by atoms with E-state index >= 15 is 0 Å². The lowest BCUT2D eigenvalue weighted by Crippen LogP contribution is -2.34. The number of benzene rings is 1. The SMILES string of the molecule is CC(C)(N)c1cc2c(cc1Br)OC1(CCCC1)O2. The Morgan fingerprint density at radius 2 is 1.72 bits per heavy atom. The summed E-state index contributed by atoms with van der Waals surface area (Å²) >= 11 is 3.57. The minimum absolute atomic E-state index is 0.400. The third kappa shape index (κ3) is 1.91. The molecule has 1 heterocycles. The van der Waals surface area contributed by atoms with Gasteiger partial charge in [0.25, 0.3) is 5.79 Å². The van der Waals surface area contributed by atoms with E-state index < -0.39 is 11.3 Å². The maximum absolute atomic E-state index is 6.17. The summed E-state index contributed by atoms with van der Waals surface area (Å²) in [7, 11) is 0. The van der Waals surface area contributed by atoms with E-state index in [2.05, 4.69) is 15.9 Å². The quantitative estimate of drug-likeness (QED) is 0.860. The van der Waals surface area contributed by atoms with Crippen molar-refractivity contribution in [3.63, 3.8) is 0 Å². The molecule has 0 bridgehead atoms. The Labute approximate surface area is 116 Å². The van der Waals surface area contributed by atoms with Gasteiger partial charge in [0.05, 0.1) is 0 Å². The van der Waals surface area contributed by atoms with Gasteiger partial charge in [0, 0.05) is 22.9 Å². The van der Waals surface area contributed by atoms with Crippen molar-refractivity contribution < 1.29 is 9.47 Å². The molecule has 0 atom stereocenters. The van der Waals surface area contributed by atoms with Gasteiger partial charge in [-0.2, -0.15) is 0 Å². The van der Waals surface area contributed by atoms with Gasteiger partial charge in [-0.05, 0) is 44.4 Å². The molecule has 0 saturated heterocycles. The second-order valence-electron chi connectivity index (χ2n) is 5.82. The third-order valence-corrected chi connectivity index (χ3v) is 4.34. The lowest BCUT2D eigenvalue weighted by molar-refractivity contribution is -0.0716. The molecule has 3 nitrogen and oxygen atoms in total. The molecule has 0 radical (unpaired) electrons. The van der Waals surface area contributed by atoms with E-state index in [9.17, 15) is 0 Å². The molecule has 1 aromatic rings. The largest absolute Gasteiger partial charge is 0.448 e. The Bertz CT molecular complexity index is 487. The first kappa shape index (κ1) is 12.3. The normalized spacial score (nSPS) is 20.7. The first-order chi connectivity index (χ1) is 8.40. The van der Waals surface area contributed by atoms with E-state index in [1.807, 2.05) is 26.0 Å². The first-order valence-corrected chi connectivity index (χ1v) is 7.20. The van der Waals surface area contributed by atoms with Gasteiger partial charge in [0.2, 0.25) is 0 Å². The van der Waals surface area contributed by atoms with Crippen LogP contribution in [-0.2, 0) is 5.54 Å². The molecule has 1 fully saturated rings. The number of nitrogens with two attached hydrogens (primary N) is 1. The van der Waals surface area contributed by atoms with Gasteiger partial charge < -0.3 is 15.2 Å². The molecule has 2 N–H and O–H groups in total. The van der Waals surface area contributed by atoms with Crippen LogP contribution >= 0.6 is 15.9 Å². The van der Waals surface area contributed by atoms with Gasteiger partial charge in [-0.3, -0.25) is 0 Å². The average Bonchev–Trinajstić information content (AvgIpc) is 2.82. The highest BCUT2D eigenvalue weighted by molar-refractivity contribution is 9.10. The molecular weight excluding hydrogens is 294 g/mol. The van der Waals surface area contributed by atoms with Crippen LogP contribution in [0.2, 0.25) is 0 Å². The molecule has 1 aliphatic heterocycles. The Morgan fingerprint density at radius 3 is 2.28 bits per heavy atom. The smallest absolute Gasteiger partial charge is 0.251 e. The zero-order valence-corrected chi connectivity index (χ0v) is 12.3. The van der Waals surface area contributed by atoms with E-state index in [1.165, 1.54) is 12.8 Å². The molecule has 98 valence electrons. The van der Waals surface area contributed by atoms with Gasteiger partial charge >= 0.3 is 0 Å². The molecule has 0 aromatic heterocycles. The van der Waals surface area contributed by atoms with Crippen molar-refractivity contribution in [1.82, 2.24) is 0 Å². The Hall–Kier alpha value is -0.740. The number of rotatable bonds is 1. The Balaban J connectivity index is 2.00. The van der Waals surface area contributed by atoms with Crippen LogP contribution in [0.15, 0.2) is 16.6 Å². The van der Waals surface area contributed by atoms with Crippen molar-refractivity contribution in [1.29, 1.82) is 0 Å². The minimum Gasteiger partial charge on any atom is -0.448 e. The summed E-state index contributed by atoms with van der Waals surface area (Å²) in [5.74, 6) is 1.25. The lowest BCUT2D eigenvalue weighted by Gasteiger charge is -2.21. The zero-order chi connectivity index (χ0) is 13.0. The highest BCUT2D eigenvalue weighted by atomic mass is 79.9. The van der Waals surface area contributed by atoms with Crippen molar-refractivity contribution in [2.75, 3.05) is 0 Å². The van der Waals surface area contributed by atoms with Gasteiger partial charge in [0.1, 0.15) is 0 Å². The van der Waals surface area contributed by atoms with Crippen LogP contribution in [0.1, 0.15) is 45.1 Å². The molecule has 1 saturated carbocycles. The topological polar surface area (TPSA) is 44.5 Å². The molecular formula is C14H18BrNO2. The molecule has 1 spiro atoms. The highest BCUT2D eigenvalue weighted by Gasteiger charge is 2.44. The summed E-state index contributed by atoms with van der Waals surface area (Å²) in [6.07, 6.45) is 4.29. The number of halogens is 1. The van der Waals surface area contributed by atoms with E-state index in [4.69, 9.17) is 15.2 Å². The summed E-state index contributed by atoms with van der Waals surface area (Å²) in [6.45, 7) is 3.97. The summed E-state index contributed by atoms with van der Waals surface area (Å²) in [6, 6.07) is 3.98. The third-order valence-electron chi connectivity index (χ3n) is 3.68. The minimum atomic E-state index is -0.404. The van der Waals surface area contributed by atoms with Crippen LogP contribution in [-0.4, -0.2) is 5.79 Å². The highest BCUT2D eigenvalue weighted by Crippen LogP contribution is 2.49. The predicted molar refractivity (Wildman–Crippen MR) is 73.8 cm³/mol. The maximum Gasteiger partial charge on any atom is 0.251 e. The molecule has 18 heavy (non-hydrogen) atoms. The summed E-state index contributed by atoms with van der Waals surface area (Å²) in [5.41, 5.74) is 6.81. The molecule has 4 heteroatoms. The number of fused-ring (bicyclic) bond motifs is 1. The fourth-order valence-electron chi connectivity index (χ4n) is 2.73. The fourth-order valence-corrected chi connectivity index (χ4v) is 3.56. The molecule has 1 aliphatic carbocycles. The van der Waals surface area contributed by atoms with Crippen molar-refractivity contribution in [2.45, 2.75) is 50.9 Å². The maximum atomic E-state index is 6.17. The van der Waals surface area contributed by atoms with Crippen LogP contribution in [0.25, 0.3) is 0 Å². The summed E-state index contributed by atoms with van der Waals surface area (Å²) in [4.78, 5) is 0. The second kappa shape index (κ2) is 3.87. The number of hydrogen-bond acceptors (Lipinski definition) is 3. The van der Waals surface area contributed by atoms with E-state index in [1.54, 1.807) is 0 Å². The van der Waals surface area contributed by atoms with Crippen LogP contribution in [0.4, 0.5) is 0 Å². The van der Waals surface area contributed by atoms with Gasteiger partial charge in [-0.1, -0.05) is 15.9 Å². The summed E-state index contributed by atoms with van der Waals surface area (Å²) < 4.78 is 13.0. The van der Waals surface area contributed by atoms with Gasteiger partial charge in [-0.15, -0.1) is 0 Å². The van der Waals surface area contributed by atoms with Crippen LogP contribution in [0.3, 0.4) is 0 Å². The van der Waals surface area contributed by atoms with Gasteiger partial charge in [-0.25, -0.2) is 0 Å². The summed E-state index contributed by atoms with van der Waals surface area (Å²) in [5, 5.41) is 0. The lowest BCUT2D eigenvalue weighted by atomic mass is 9.95. The van der Waals surface area contributed by atoms with Crippen molar-refractivity contribution in [2.24, 2.45) is 5.73 Å². The number of hydrogen-bond donors (Lipinski definition) is 1. The van der Waals surface area contributed by atoms with E-state index in [0.29, 0.717) is 0 Å². The van der Waals surface area contributed by atoms with Crippen molar-refractivity contribution in [3.05, 3.63) is 22.2 Å². The monoisotopic (exact) mass is 311 g/mol. The molecule has 2 aliphatic rings. The zero-order valence-electron chi connectivity index (χ0n) is 10.8.